The zero-order valence-electron chi connectivity index (χ0n) is 32.0. The molecule has 0 aromatic heterocycles. The maximum Gasteiger partial charge on any atom is 0.311 e. The number of ether oxygens (including phenoxy) is 3. The number of phenolic OH excluding ortho intramolecular Hbond substituents is 3. The van der Waals surface area contributed by atoms with Gasteiger partial charge in [0.1, 0.15) is 37.1 Å². The standard InChI is InChI=1S/C42H53Br3O9/c1-8-42(24-52-36(49)39(2,3)21-33(43)27-9-15-30(46)16-10-27,25-53-37(50)40(4,5)22-34(44)28-11-17-31(47)18-12-28)26-54-38(51)41(6,7)23-35(45)29-13-19-32(48)20-14-29/h9-20,33-35,46-48H,8,21-26H2,1-7H3. The van der Waals surface area contributed by atoms with Gasteiger partial charge in [-0.25, -0.2) is 0 Å². The van der Waals surface area contributed by atoms with Crippen molar-refractivity contribution in [3.63, 3.8) is 0 Å². The first-order chi connectivity index (χ1) is 25.1. The van der Waals surface area contributed by atoms with Gasteiger partial charge in [0.05, 0.1) is 21.7 Å². The highest BCUT2D eigenvalue weighted by Crippen LogP contribution is 2.41. The first kappa shape index (κ1) is 45.3. The minimum Gasteiger partial charge on any atom is -0.508 e. The van der Waals surface area contributed by atoms with E-state index in [0.717, 1.165) is 16.7 Å². The van der Waals surface area contributed by atoms with Crippen LogP contribution in [0.5, 0.6) is 17.2 Å². The van der Waals surface area contributed by atoms with Crippen LogP contribution in [-0.2, 0) is 28.6 Å². The largest absolute Gasteiger partial charge is 0.508 e. The van der Waals surface area contributed by atoms with Crippen molar-refractivity contribution in [3.8, 4) is 17.2 Å². The lowest BCUT2D eigenvalue weighted by Crippen LogP contribution is -2.43. The molecule has 0 saturated heterocycles. The van der Waals surface area contributed by atoms with Crippen LogP contribution >= 0.6 is 47.8 Å². The first-order valence-corrected chi connectivity index (χ1v) is 20.7. The summed E-state index contributed by atoms with van der Waals surface area (Å²) in [6, 6.07) is 20.3. The van der Waals surface area contributed by atoms with Crippen molar-refractivity contribution in [3.05, 3.63) is 89.5 Å². The van der Waals surface area contributed by atoms with Gasteiger partial charge >= 0.3 is 17.9 Å². The zero-order chi connectivity index (χ0) is 40.5. The smallest absolute Gasteiger partial charge is 0.311 e. The van der Waals surface area contributed by atoms with Crippen LogP contribution in [-0.4, -0.2) is 53.0 Å². The lowest BCUT2D eigenvalue weighted by molar-refractivity contribution is -0.173. The summed E-state index contributed by atoms with van der Waals surface area (Å²) in [6.07, 6.45) is 1.54. The second kappa shape index (κ2) is 19.2. The summed E-state index contributed by atoms with van der Waals surface area (Å²) in [5, 5.41) is 29.1. The number of hydrogen-bond donors (Lipinski definition) is 3. The Morgan fingerprint density at radius 3 is 0.926 bits per heavy atom. The Labute approximate surface area is 344 Å². The molecule has 296 valence electrons. The van der Waals surface area contributed by atoms with Crippen molar-refractivity contribution in [2.75, 3.05) is 19.8 Å². The lowest BCUT2D eigenvalue weighted by Gasteiger charge is -2.35. The summed E-state index contributed by atoms with van der Waals surface area (Å²) in [4.78, 5) is 40.4. The molecule has 0 aliphatic heterocycles. The van der Waals surface area contributed by atoms with Crippen molar-refractivity contribution < 1.29 is 43.9 Å². The minimum absolute atomic E-state index is 0.148. The van der Waals surface area contributed by atoms with Crippen LogP contribution in [0.4, 0.5) is 0 Å². The third kappa shape index (κ3) is 13.0. The molecular weight excluding hydrogens is 888 g/mol. The molecule has 0 radical (unpaired) electrons. The van der Waals surface area contributed by atoms with E-state index in [0.29, 0.717) is 25.7 Å². The Kier molecular flexibility index (Phi) is 16.1. The van der Waals surface area contributed by atoms with Gasteiger partial charge in [-0.1, -0.05) is 91.1 Å². The predicted molar refractivity (Wildman–Crippen MR) is 220 cm³/mol. The number of alkyl halides is 3. The van der Waals surface area contributed by atoms with Crippen LogP contribution in [0.1, 0.15) is 105 Å². The number of esters is 3. The number of phenols is 3. The molecule has 0 amide bonds. The normalized spacial score (nSPS) is 15.0. The van der Waals surface area contributed by atoms with Crippen LogP contribution in [0.25, 0.3) is 0 Å². The number of hydrogen-bond acceptors (Lipinski definition) is 9. The Morgan fingerprint density at radius 2 is 0.722 bits per heavy atom. The molecule has 3 unspecified atom stereocenters. The monoisotopic (exact) mass is 938 g/mol. The van der Waals surface area contributed by atoms with Crippen LogP contribution in [0.2, 0.25) is 0 Å². The van der Waals surface area contributed by atoms with Gasteiger partial charge in [0, 0.05) is 14.5 Å². The molecule has 3 N–H and O–H groups in total. The van der Waals surface area contributed by atoms with Gasteiger partial charge in [0.2, 0.25) is 0 Å². The summed E-state index contributed by atoms with van der Waals surface area (Å²) in [5.41, 5.74) is -1.15. The summed E-state index contributed by atoms with van der Waals surface area (Å²) in [5.74, 6) is -0.948. The quantitative estimate of drug-likeness (QED) is 0.0609. The van der Waals surface area contributed by atoms with E-state index in [1.54, 1.807) is 114 Å². The molecule has 0 fully saturated rings. The van der Waals surface area contributed by atoms with E-state index in [2.05, 4.69) is 47.8 Å². The molecule has 0 heterocycles. The molecular formula is C42H53Br3O9. The molecule has 0 spiro atoms. The highest BCUT2D eigenvalue weighted by molar-refractivity contribution is 9.09. The fraction of sp³-hybridized carbons (Fsp3) is 0.500. The van der Waals surface area contributed by atoms with Crippen LogP contribution in [0, 0.1) is 21.7 Å². The predicted octanol–water partition coefficient (Wildman–Crippen LogP) is 10.8. The van der Waals surface area contributed by atoms with Crippen LogP contribution in [0.15, 0.2) is 72.8 Å². The SMILES string of the molecule is CCC(COC(=O)C(C)(C)CC(Br)c1ccc(O)cc1)(COC(=O)C(C)(C)CC(Br)c1ccc(O)cc1)COC(=O)C(C)(C)CC(Br)c1ccc(O)cc1. The third-order valence-electron chi connectivity index (χ3n) is 9.77. The average molecular weight is 942 g/mol. The molecule has 3 aromatic rings. The van der Waals surface area contributed by atoms with E-state index in [9.17, 15) is 29.7 Å². The highest BCUT2D eigenvalue weighted by Gasteiger charge is 2.41. The number of rotatable bonds is 19. The second-order valence-electron chi connectivity index (χ2n) is 16.0. The summed E-state index contributed by atoms with van der Waals surface area (Å²) >= 11 is 11.0. The van der Waals surface area contributed by atoms with Crippen molar-refractivity contribution >= 4 is 65.7 Å². The fourth-order valence-corrected chi connectivity index (χ4v) is 9.01. The summed E-state index contributed by atoms with van der Waals surface area (Å²) in [6.45, 7) is 12.1. The van der Waals surface area contributed by atoms with Crippen molar-refractivity contribution in [1.82, 2.24) is 0 Å². The molecule has 0 bridgehead atoms. The second-order valence-corrected chi connectivity index (χ2v) is 19.3. The molecule has 12 heteroatoms. The van der Waals surface area contributed by atoms with Crippen LogP contribution < -0.4 is 0 Å². The van der Waals surface area contributed by atoms with Gasteiger partial charge in [0.15, 0.2) is 0 Å². The lowest BCUT2D eigenvalue weighted by atomic mass is 9.84. The molecule has 0 aliphatic rings. The van der Waals surface area contributed by atoms with Crippen molar-refractivity contribution in [2.45, 2.75) is 88.6 Å². The maximum absolute atomic E-state index is 13.7. The summed E-state index contributed by atoms with van der Waals surface area (Å²) < 4.78 is 17.9. The molecule has 0 saturated carbocycles. The van der Waals surface area contributed by atoms with Crippen molar-refractivity contribution in [2.24, 2.45) is 21.7 Å². The maximum atomic E-state index is 13.7. The summed E-state index contributed by atoms with van der Waals surface area (Å²) in [7, 11) is 0. The van der Waals surface area contributed by atoms with Gasteiger partial charge in [-0.3, -0.25) is 14.4 Å². The topological polar surface area (TPSA) is 140 Å². The van der Waals surface area contributed by atoms with Gasteiger partial charge in [-0.2, -0.15) is 0 Å². The molecule has 3 aromatic carbocycles. The van der Waals surface area contributed by atoms with E-state index in [-0.39, 0.29) is 51.6 Å². The highest BCUT2D eigenvalue weighted by atomic mass is 79.9. The Balaban J connectivity index is 1.77. The number of halogens is 3. The molecule has 0 aliphatic carbocycles. The minimum atomic E-state index is -1.05. The molecule has 54 heavy (non-hydrogen) atoms. The number of carbonyl (C=O) groups excluding carboxylic acids is 3. The average Bonchev–Trinajstić information content (AvgIpc) is 3.11. The Bertz CT molecular complexity index is 1490. The van der Waals surface area contributed by atoms with Crippen molar-refractivity contribution in [1.29, 1.82) is 0 Å². The molecule has 3 atom stereocenters. The first-order valence-electron chi connectivity index (χ1n) is 17.9. The van der Waals surface area contributed by atoms with E-state index in [1.165, 1.54) is 0 Å². The molecule has 9 nitrogen and oxygen atoms in total. The van der Waals surface area contributed by atoms with E-state index < -0.39 is 39.6 Å². The molecule has 3 rings (SSSR count). The van der Waals surface area contributed by atoms with Crippen LogP contribution in [0.3, 0.4) is 0 Å². The fourth-order valence-electron chi connectivity index (χ4n) is 5.67. The van der Waals surface area contributed by atoms with Gasteiger partial charge < -0.3 is 29.5 Å². The van der Waals surface area contributed by atoms with E-state index >= 15 is 0 Å². The van der Waals surface area contributed by atoms with Gasteiger partial charge in [-0.05, 0) is 120 Å². The third-order valence-corrected chi connectivity index (χ3v) is 12.3. The van der Waals surface area contributed by atoms with Gasteiger partial charge in [-0.15, -0.1) is 0 Å². The van der Waals surface area contributed by atoms with E-state index in [1.807, 2.05) is 6.92 Å². The number of benzene rings is 3. The van der Waals surface area contributed by atoms with Gasteiger partial charge in [0.25, 0.3) is 0 Å². The Morgan fingerprint density at radius 1 is 0.500 bits per heavy atom. The Hall–Kier alpha value is -3.09. The van der Waals surface area contributed by atoms with E-state index in [4.69, 9.17) is 14.2 Å². The number of aromatic hydroxyl groups is 3. The zero-order valence-corrected chi connectivity index (χ0v) is 36.8. The number of carbonyl (C=O) groups is 3.